The molecule has 1 aliphatic rings. The molecule has 0 aromatic heterocycles. The zero-order valence-electron chi connectivity index (χ0n) is 9.12. The lowest BCUT2D eigenvalue weighted by atomic mass is 10.2. The monoisotopic (exact) mass is 217 g/mol. The molecule has 0 spiro atoms. The Bertz CT molecular complexity index is 374. The summed E-state index contributed by atoms with van der Waals surface area (Å²) in [6.07, 6.45) is 8.14. The summed E-state index contributed by atoms with van der Waals surface area (Å²) in [4.78, 5) is 0. The van der Waals surface area contributed by atoms with Gasteiger partial charge >= 0.3 is 0 Å². The Morgan fingerprint density at radius 1 is 1.62 bits per heavy atom. The van der Waals surface area contributed by atoms with Gasteiger partial charge in [-0.1, -0.05) is 19.2 Å². The minimum absolute atomic E-state index is 0.466. The standard InChI is InChI=1S/C12H15N3O/c1-3-11-12(16-8-10(2)15-11)6-4-5-7-14-9-13/h3-4,6,14-15H,1-2,5,7-8H2/b6-4-. The van der Waals surface area contributed by atoms with E-state index in [1.807, 2.05) is 18.3 Å². The molecule has 16 heavy (non-hydrogen) atoms. The van der Waals surface area contributed by atoms with E-state index in [9.17, 15) is 0 Å². The molecule has 0 aliphatic carbocycles. The highest BCUT2D eigenvalue weighted by atomic mass is 16.5. The first-order valence-electron chi connectivity index (χ1n) is 5.00. The zero-order chi connectivity index (χ0) is 11.8. The summed E-state index contributed by atoms with van der Waals surface area (Å²) in [5.74, 6) is 0.749. The molecular weight excluding hydrogens is 202 g/mol. The lowest BCUT2D eigenvalue weighted by Gasteiger charge is -2.20. The molecule has 1 heterocycles. The summed E-state index contributed by atoms with van der Waals surface area (Å²) < 4.78 is 5.47. The average Bonchev–Trinajstić information content (AvgIpc) is 2.30. The van der Waals surface area contributed by atoms with Crippen molar-refractivity contribution in [2.24, 2.45) is 0 Å². The van der Waals surface area contributed by atoms with Crippen LogP contribution in [0.4, 0.5) is 0 Å². The van der Waals surface area contributed by atoms with Crippen molar-refractivity contribution in [1.82, 2.24) is 10.6 Å². The van der Waals surface area contributed by atoms with Crippen molar-refractivity contribution in [2.75, 3.05) is 13.2 Å². The fourth-order valence-electron chi connectivity index (χ4n) is 1.22. The first-order valence-corrected chi connectivity index (χ1v) is 5.00. The maximum atomic E-state index is 8.27. The van der Waals surface area contributed by atoms with Gasteiger partial charge in [-0.2, -0.15) is 5.26 Å². The Morgan fingerprint density at radius 3 is 3.12 bits per heavy atom. The van der Waals surface area contributed by atoms with Crippen molar-refractivity contribution in [3.8, 4) is 6.19 Å². The van der Waals surface area contributed by atoms with Crippen molar-refractivity contribution >= 4 is 0 Å². The Morgan fingerprint density at radius 2 is 2.44 bits per heavy atom. The lowest BCUT2D eigenvalue weighted by Crippen LogP contribution is -2.22. The van der Waals surface area contributed by atoms with Gasteiger partial charge in [0.05, 0.1) is 5.70 Å². The molecule has 0 saturated heterocycles. The second-order valence-corrected chi connectivity index (χ2v) is 3.23. The predicted octanol–water partition coefficient (Wildman–Crippen LogP) is 1.53. The number of rotatable bonds is 5. The third-order valence-corrected chi connectivity index (χ3v) is 1.97. The van der Waals surface area contributed by atoms with Crippen molar-refractivity contribution in [3.63, 3.8) is 0 Å². The average molecular weight is 217 g/mol. The number of nitrogens with one attached hydrogen (secondary N) is 2. The minimum Gasteiger partial charge on any atom is -0.485 e. The maximum absolute atomic E-state index is 8.27. The fraction of sp³-hybridized carbons (Fsp3) is 0.250. The van der Waals surface area contributed by atoms with E-state index in [4.69, 9.17) is 10.00 Å². The van der Waals surface area contributed by atoms with E-state index in [1.54, 1.807) is 6.08 Å². The quantitative estimate of drug-likeness (QED) is 0.416. The lowest BCUT2D eigenvalue weighted by molar-refractivity contribution is 0.230. The van der Waals surface area contributed by atoms with Crippen LogP contribution in [0.15, 0.2) is 48.5 Å². The van der Waals surface area contributed by atoms with E-state index >= 15 is 0 Å². The summed E-state index contributed by atoms with van der Waals surface area (Å²) in [5, 5.41) is 13.9. The number of hydrogen-bond acceptors (Lipinski definition) is 4. The van der Waals surface area contributed by atoms with E-state index in [-0.39, 0.29) is 0 Å². The van der Waals surface area contributed by atoms with Gasteiger partial charge in [0.25, 0.3) is 0 Å². The third kappa shape index (κ3) is 3.54. The van der Waals surface area contributed by atoms with E-state index < -0.39 is 0 Å². The van der Waals surface area contributed by atoms with Gasteiger partial charge in [0.2, 0.25) is 0 Å². The molecule has 0 aromatic carbocycles. The van der Waals surface area contributed by atoms with Crippen LogP contribution in [0.2, 0.25) is 0 Å². The van der Waals surface area contributed by atoms with Crippen LogP contribution in [0.1, 0.15) is 6.42 Å². The van der Waals surface area contributed by atoms with Gasteiger partial charge in [0.15, 0.2) is 6.19 Å². The molecule has 1 rings (SSSR count). The third-order valence-electron chi connectivity index (χ3n) is 1.97. The van der Waals surface area contributed by atoms with E-state index in [1.165, 1.54) is 0 Å². The van der Waals surface area contributed by atoms with Crippen molar-refractivity contribution in [2.45, 2.75) is 6.42 Å². The molecular formula is C12H15N3O. The molecule has 0 amide bonds. The van der Waals surface area contributed by atoms with Crippen LogP contribution in [-0.4, -0.2) is 13.2 Å². The van der Waals surface area contributed by atoms with Crippen LogP contribution in [0, 0.1) is 11.5 Å². The number of nitriles is 1. The summed E-state index contributed by atoms with van der Waals surface area (Å²) in [5.41, 5.74) is 1.64. The molecule has 0 aromatic rings. The number of hydrogen-bond donors (Lipinski definition) is 2. The molecule has 0 fully saturated rings. The largest absolute Gasteiger partial charge is 0.485 e. The van der Waals surface area contributed by atoms with Crippen LogP contribution in [0.25, 0.3) is 0 Å². The molecule has 0 saturated carbocycles. The van der Waals surface area contributed by atoms with Crippen molar-refractivity contribution < 1.29 is 4.74 Å². The van der Waals surface area contributed by atoms with E-state index in [2.05, 4.69) is 23.8 Å². The second-order valence-electron chi connectivity index (χ2n) is 3.23. The van der Waals surface area contributed by atoms with Crippen LogP contribution >= 0.6 is 0 Å². The molecule has 0 unspecified atom stereocenters. The van der Waals surface area contributed by atoms with E-state index in [0.29, 0.717) is 13.2 Å². The van der Waals surface area contributed by atoms with Gasteiger partial charge in [-0.3, -0.25) is 0 Å². The smallest absolute Gasteiger partial charge is 0.176 e. The van der Waals surface area contributed by atoms with Gasteiger partial charge in [-0.25, -0.2) is 0 Å². The van der Waals surface area contributed by atoms with E-state index in [0.717, 1.165) is 23.6 Å². The van der Waals surface area contributed by atoms with Crippen molar-refractivity contribution in [3.05, 3.63) is 48.5 Å². The maximum Gasteiger partial charge on any atom is 0.176 e. The molecule has 0 bridgehead atoms. The van der Waals surface area contributed by atoms with Crippen LogP contribution in [-0.2, 0) is 4.74 Å². The van der Waals surface area contributed by atoms with Gasteiger partial charge in [-0.15, -0.1) is 0 Å². The van der Waals surface area contributed by atoms with Crippen molar-refractivity contribution in [1.29, 1.82) is 5.26 Å². The molecule has 0 radical (unpaired) electrons. The fourth-order valence-corrected chi connectivity index (χ4v) is 1.22. The topological polar surface area (TPSA) is 57.1 Å². The Balaban J connectivity index is 2.54. The van der Waals surface area contributed by atoms with Gasteiger partial charge in [0.1, 0.15) is 12.4 Å². The number of allylic oxidation sites excluding steroid dienone is 2. The highest BCUT2D eigenvalue weighted by molar-refractivity contribution is 5.31. The highest BCUT2D eigenvalue weighted by Crippen LogP contribution is 2.14. The summed E-state index contributed by atoms with van der Waals surface area (Å²) in [6.45, 7) is 8.57. The number of ether oxygens (including phenoxy) is 1. The van der Waals surface area contributed by atoms with Gasteiger partial charge in [-0.05, 0) is 18.6 Å². The second kappa shape index (κ2) is 6.36. The molecule has 2 N–H and O–H groups in total. The zero-order valence-corrected chi connectivity index (χ0v) is 9.12. The van der Waals surface area contributed by atoms with Crippen LogP contribution < -0.4 is 10.6 Å². The SMILES string of the molecule is C=CC1=C(/C=C\CCNC#N)OCC(=C)N1. The molecule has 84 valence electrons. The minimum atomic E-state index is 0.466. The highest BCUT2D eigenvalue weighted by Gasteiger charge is 2.10. The Kier molecular flexibility index (Phi) is 4.74. The Hall–Kier alpha value is -2.15. The summed E-state index contributed by atoms with van der Waals surface area (Å²) >= 11 is 0. The first kappa shape index (κ1) is 11.9. The Labute approximate surface area is 95.6 Å². The van der Waals surface area contributed by atoms with Gasteiger partial charge < -0.3 is 15.4 Å². The number of nitrogens with zero attached hydrogens (tertiary/aromatic N) is 1. The molecule has 4 nitrogen and oxygen atoms in total. The molecule has 1 aliphatic heterocycles. The molecule has 0 atom stereocenters. The van der Waals surface area contributed by atoms with Gasteiger partial charge in [0, 0.05) is 12.2 Å². The summed E-state index contributed by atoms with van der Waals surface area (Å²) in [7, 11) is 0. The first-order chi connectivity index (χ1) is 7.77. The summed E-state index contributed by atoms with van der Waals surface area (Å²) in [6, 6.07) is 0. The predicted molar refractivity (Wildman–Crippen MR) is 62.8 cm³/mol. The van der Waals surface area contributed by atoms with Crippen LogP contribution in [0.5, 0.6) is 0 Å². The van der Waals surface area contributed by atoms with Crippen LogP contribution in [0.3, 0.4) is 0 Å². The normalized spacial score (nSPS) is 15.3. The molecule has 4 heteroatoms.